The summed E-state index contributed by atoms with van der Waals surface area (Å²) in [5.41, 5.74) is 0.741. The van der Waals surface area contributed by atoms with Crippen LogP contribution in [0.5, 0.6) is 5.75 Å². The molecule has 3 nitrogen and oxygen atoms in total. The van der Waals surface area contributed by atoms with E-state index in [1.54, 1.807) is 12.1 Å². The molecule has 0 aromatic heterocycles. The summed E-state index contributed by atoms with van der Waals surface area (Å²) in [6.45, 7) is 0. The molecule has 0 saturated heterocycles. The molecule has 0 atom stereocenters. The molecular weight excluding hydrogens is 447 g/mol. The van der Waals surface area contributed by atoms with Crippen LogP contribution in [0.1, 0.15) is 10.4 Å². The van der Waals surface area contributed by atoms with Gasteiger partial charge in [-0.1, -0.05) is 34.8 Å². The molecule has 0 fully saturated rings. The minimum Gasteiger partial charge on any atom is -0.494 e. The predicted octanol–water partition coefficient (Wildman–Crippen LogP) is 5.51. The van der Waals surface area contributed by atoms with Crippen molar-refractivity contribution < 1.29 is 9.53 Å². The fourth-order valence-electron chi connectivity index (χ4n) is 1.72. The van der Waals surface area contributed by atoms with Crippen molar-refractivity contribution in [2.24, 2.45) is 0 Å². The summed E-state index contributed by atoms with van der Waals surface area (Å²) in [6, 6.07) is 8.31. The quantitative estimate of drug-likeness (QED) is 0.619. The number of carbonyl (C=O) groups is 1. The molecule has 1 amide bonds. The predicted molar refractivity (Wildman–Crippen MR) is 95.1 cm³/mol. The van der Waals surface area contributed by atoms with Crippen LogP contribution >= 0.6 is 57.4 Å². The third kappa shape index (κ3) is 3.94. The molecule has 7 heteroatoms. The van der Waals surface area contributed by atoms with Crippen molar-refractivity contribution >= 4 is 69.0 Å². The lowest BCUT2D eigenvalue weighted by Gasteiger charge is -2.12. The summed E-state index contributed by atoms with van der Waals surface area (Å²) in [4.78, 5) is 12.4. The first-order valence-corrected chi connectivity index (χ1v) is 7.93. The molecule has 0 radical (unpaired) electrons. The molecule has 0 aliphatic carbocycles. The van der Waals surface area contributed by atoms with Crippen LogP contribution in [0.4, 0.5) is 5.69 Å². The largest absolute Gasteiger partial charge is 0.494 e. The van der Waals surface area contributed by atoms with E-state index in [1.807, 2.05) is 6.07 Å². The van der Waals surface area contributed by atoms with E-state index in [1.165, 1.54) is 19.2 Å². The first kappa shape index (κ1) is 16.7. The van der Waals surface area contributed by atoms with Crippen LogP contribution in [0, 0.1) is 3.57 Å². The third-order valence-corrected chi connectivity index (χ3v) is 4.12. The number of benzene rings is 2. The molecule has 0 aliphatic heterocycles. The van der Waals surface area contributed by atoms with Crippen molar-refractivity contribution in [1.29, 1.82) is 0 Å². The van der Waals surface area contributed by atoms with E-state index >= 15 is 0 Å². The SMILES string of the molecule is COc1c(Cl)cc(Cl)cc1C(=O)Nc1ccc(I)cc1Cl. The van der Waals surface area contributed by atoms with Crippen LogP contribution in [0.2, 0.25) is 15.1 Å². The monoisotopic (exact) mass is 455 g/mol. The van der Waals surface area contributed by atoms with Crippen molar-refractivity contribution in [2.45, 2.75) is 0 Å². The fraction of sp³-hybridized carbons (Fsp3) is 0.0714. The molecule has 2 rings (SSSR count). The van der Waals surface area contributed by atoms with Crippen LogP contribution < -0.4 is 10.1 Å². The Morgan fingerprint density at radius 3 is 2.48 bits per heavy atom. The molecule has 0 heterocycles. The van der Waals surface area contributed by atoms with Crippen LogP contribution in [0.15, 0.2) is 30.3 Å². The molecule has 2 aromatic rings. The first-order valence-electron chi connectivity index (χ1n) is 5.72. The van der Waals surface area contributed by atoms with Crippen LogP contribution in [0.25, 0.3) is 0 Å². The van der Waals surface area contributed by atoms with E-state index in [2.05, 4.69) is 27.9 Å². The summed E-state index contributed by atoms with van der Waals surface area (Å²) in [7, 11) is 1.43. The van der Waals surface area contributed by atoms with Crippen molar-refractivity contribution in [2.75, 3.05) is 12.4 Å². The molecule has 21 heavy (non-hydrogen) atoms. The van der Waals surface area contributed by atoms with Crippen molar-refractivity contribution in [3.63, 3.8) is 0 Å². The normalized spacial score (nSPS) is 10.3. The van der Waals surface area contributed by atoms with E-state index in [0.717, 1.165) is 3.57 Å². The average Bonchev–Trinajstić information content (AvgIpc) is 2.41. The molecule has 1 N–H and O–H groups in total. The van der Waals surface area contributed by atoms with Gasteiger partial charge >= 0.3 is 0 Å². The molecule has 0 unspecified atom stereocenters. The Balaban J connectivity index is 2.36. The van der Waals surface area contributed by atoms with Crippen LogP contribution in [0.3, 0.4) is 0 Å². The Hall–Kier alpha value is -0.690. The maximum absolute atomic E-state index is 12.4. The number of hydrogen-bond donors (Lipinski definition) is 1. The molecule has 0 aliphatic rings. The summed E-state index contributed by atoms with van der Waals surface area (Å²) < 4.78 is 6.12. The second-order valence-electron chi connectivity index (χ2n) is 4.05. The van der Waals surface area contributed by atoms with E-state index in [9.17, 15) is 4.79 Å². The second kappa shape index (κ2) is 7.05. The van der Waals surface area contributed by atoms with Crippen molar-refractivity contribution in [3.05, 3.63) is 54.5 Å². The van der Waals surface area contributed by atoms with Gasteiger partial charge in [0.05, 0.1) is 28.4 Å². The van der Waals surface area contributed by atoms with Gasteiger partial charge in [0.25, 0.3) is 5.91 Å². The zero-order chi connectivity index (χ0) is 15.6. The fourth-order valence-corrected chi connectivity index (χ4v) is 3.19. The van der Waals surface area contributed by atoms with Crippen LogP contribution in [-0.2, 0) is 0 Å². The van der Waals surface area contributed by atoms with Gasteiger partial charge in [0.1, 0.15) is 5.75 Å². The Kier molecular flexibility index (Phi) is 5.60. The van der Waals surface area contributed by atoms with E-state index in [-0.39, 0.29) is 16.3 Å². The van der Waals surface area contributed by atoms with Gasteiger partial charge < -0.3 is 10.1 Å². The van der Waals surface area contributed by atoms with Gasteiger partial charge in [-0.15, -0.1) is 0 Å². The minimum absolute atomic E-state index is 0.240. The Morgan fingerprint density at radius 2 is 1.86 bits per heavy atom. The number of halogens is 4. The van der Waals surface area contributed by atoms with E-state index in [0.29, 0.717) is 15.7 Å². The van der Waals surface area contributed by atoms with Gasteiger partial charge in [0.2, 0.25) is 0 Å². The molecule has 110 valence electrons. The van der Waals surface area contributed by atoms with Gasteiger partial charge in [-0.3, -0.25) is 4.79 Å². The zero-order valence-corrected chi connectivity index (χ0v) is 15.1. The summed E-state index contributed by atoms with van der Waals surface area (Å²) in [5.74, 6) is -0.139. The highest BCUT2D eigenvalue weighted by Crippen LogP contribution is 2.33. The molecule has 0 spiro atoms. The molecule has 0 saturated carbocycles. The summed E-state index contributed by atoms with van der Waals surface area (Å²) in [5, 5.41) is 3.77. The van der Waals surface area contributed by atoms with Gasteiger partial charge in [-0.2, -0.15) is 0 Å². The molecule has 0 bridgehead atoms. The van der Waals surface area contributed by atoms with Crippen molar-refractivity contribution in [3.8, 4) is 5.75 Å². The first-order chi connectivity index (χ1) is 9.92. The number of amides is 1. The highest BCUT2D eigenvalue weighted by molar-refractivity contribution is 14.1. The maximum atomic E-state index is 12.4. The number of carbonyl (C=O) groups excluding carboxylic acids is 1. The Labute approximate surface area is 150 Å². The number of anilines is 1. The van der Waals surface area contributed by atoms with Crippen LogP contribution in [-0.4, -0.2) is 13.0 Å². The zero-order valence-electron chi connectivity index (χ0n) is 10.7. The number of nitrogens with one attached hydrogen (secondary N) is 1. The van der Waals surface area contributed by atoms with Gasteiger partial charge in [-0.05, 0) is 52.9 Å². The number of hydrogen-bond acceptors (Lipinski definition) is 2. The van der Waals surface area contributed by atoms with Gasteiger partial charge in [0.15, 0.2) is 0 Å². The highest BCUT2D eigenvalue weighted by Gasteiger charge is 2.17. The molecular formula is C14H9Cl3INO2. The number of ether oxygens (including phenoxy) is 1. The Bertz CT molecular complexity index is 707. The smallest absolute Gasteiger partial charge is 0.259 e. The standard InChI is InChI=1S/C14H9Cl3INO2/c1-21-13-9(4-7(15)5-11(13)17)14(20)19-12-3-2-8(18)6-10(12)16/h2-6H,1H3,(H,19,20). The lowest BCUT2D eigenvalue weighted by molar-refractivity contribution is 0.102. The summed E-state index contributed by atoms with van der Waals surface area (Å²) in [6.07, 6.45) is 0. The third-order valence-electron chi connectivity index (χ3n) is 2.64. The van der Waals surface area contributed by atoms with Crippen molar-refractivity contribution in [1.82, 2.24) is 0 Å². The summed E-state index contributed by atoms with van der Waals surface area (Å²) >= 11 is 20.2. The van der Waals surface area contributed by atoms with E-state index in [4.69, 9.17) is 39.5 Å². The maximum Gasteiger partial charge on any atom is 0.259 e. The van der Waals surface area contributed by atoms with Gasteiger partial charge in [-0.25, -0.2) is 0 Å². The number of methoxy groups -OCH3 is 1. The van der Waals surface area contributed by atoms with Gasteiger partial charge in [0, 0.05) is 8.59 Å². The second-order valence-corrected chi connectivity index (χ2v) is 6.54. The lowest BCUT2D eigenvalue weighted by Crippen LogP contribution is -2.13. The van der Waals surface area contributed by atoms with E-state index < -0.39 is 5.91 Å². The average molecular weight is 456 g/mol. The lowest BCUT2D eigenvalue weighted by atomic mass is 10.1. The molecule has 2 aromatic carbocycles. The Morgan fingerprint density at radius 1 is 1.14 bits per heavy atom. The number of rotatable bonds is 3. The highest BCUT2D eigenvalue weighted by atomic mass is 127. The topological polar surface area (TPSA) is 38.3 Å². The minimum atomic E-state index is -0.403.